The van der Waals surface area contributed by atoms with Crippen LogP contribution in [-0.4, -0.2) is 16.9 Å². The molecule has 0 aliphatic carbocycles. The molecule has 1 aromatic heterocycles. The zero-order valence-electron chi connectivity index (χ0n) is 17.2. The second-order valence-electron chi connectivity index (χ2n) is 7.30. The minimum atomic E-state index is -0.394. The maximum atomic E-state index is 12.6. The molecule has 0 aliphatic heterocycles. The molecule has 0 saturated carbocycles. The van der Waals surface area contributed by atoms with E-state index < -0.39 is 5.97 Å². The van der Waals surface area contributed by atoms with Gasteiger partial charge in [0, 0.05) is 23.7 Å². The molecule has 5 heteroatoms. The topological polar surface area (TPSA) is 68.3 Å². The van der Waals surface area contributed by atoms with Crippen molar-refractivity contribution < 1.29 is 14.3 Å². The van der Waals surface area contributed by atoms with Gasteiger partial charge in [-0.2, -0.15) is 0 Å². The van der Waals surface area contributed by atoms with Gasteiger partial charge < -0.3 is 10.1 Å². The lowest BCUT2D eigenvalue weighted by Crippen LogP contribution is -2.23. The first-order chi connectivity index (χ1) is 15.1. The highest BCUT2D eigenvalue weighted by atomic mass is 16.5. The lowest BCUT2D eigenvalue weighted by atomic mass is 10.1. The van der Waals surface area contributed by atoms with Gasteiger partial charge >= 0.3 is 5.97 Å². The third kappa shape index (κ3) is 4.95. The molecule has 0 fully saturated rings. The zero-order chi connectivity index (χ0) is 21.6. The van der Waals surface area contributed by atoms with Crippen LogP contribution in [0.25, 0.3) is 10.9 Å². The van der Waals surface area contributed by atoms with Gasteiger partial charge in [0.2, 0.25) is 0 Å². The van der Waals surface area contributed by atoms with E-state index in [1.54, 1.807) is 30.5 Å². The number of ether oxygens (including phenoxy) is 1. The van der Waals surface area contributed by atoms with Crippen LogP contribution in [0.2, 0.25) is 0 Å². The molecule has 1 N–H and O–H groups in total. The van der Waals surface area contributed by atoms with Crippen molar-refractivity contribution >= 4 is 22.8 Å². The van der Waals surface area contributed by atoms with E-state index in [0.717, 1.165) is 27.6 Å². The molecule has 1 amide bonds. The quantitative estimate of drug-likeness (QED) is 0.462. The van der Waals surface area contributed by atoms with Gasteiger partial charge in [0.15, 0.2) is 0 Å². The summed E-state index contributed by atoms with van der Waals surface area (Å²) >= 11 is 0. The number of rotatable bonds is 6. The van der Waals surface area contributed by atoms with E-state index in [4.69, 9.17) is 4.74 Å². The summed E-state index contributed by atoms with van der Waals surface area (Å²) in [6.45, 7) is 2.52. The first kappa shape index (κ1) is 20.3. The number of fused-ring (bicyclic) bond motifs is 1. The van der Waals surface area contributed by atoms with Crippen molar-refractivity contribution in [2.75, 3.05) is 0 Å². The second-order valence-corrected chi connectivity index (χ2v) is 7.30. The molecule has 4 rings (SSSR count). The minimum Gasteiger partial charge on any atom is -0.457 e. The number of aromatic nitrogens is 1. The van der Waals surface area contributed by atoms with E-state index in [-0.39, 0.29) is 12.5 Å². The van der Waals surface area contributed by atoms with Gasteiger partial charge in [-0.15, -0.1) is 0 Å². The minimum absolute atomic E-state index is 0.179. The highest BCUT2D eigenvalue weighted by Crippen LogP contribution is 2.18. The summed E-state index contributed by atoms with van der Waals surface area (Å²) in [5, 5.41) is 3.87. The number of pyridine rings is 1. The van der Waals surface area contributed by atoms with Crippen molar-refractivity contribution in [3.63, 3.8) is 0 Å². The molecule has 0 aliphatic rings. The van der Waals surface area contributed by atoms with Crippen LogP contribution in [0, 0.1) is 6.92 Å². The standard InChI is InChI=1S/C26H22N2O3/c1-18-12-13-27-24-11-10-21(15-23(18)24)25(29)28-16-20-8-5-9-22(14-20)26(30)31-17-19-6-3-2-4-7-19/h2-15H,16-17H2,1H3,(H,28,29). The Hall–Kier alpha value is -3.99. The van der Waals surface area contributed by atoms with E-state index in [1.165, 1.54) is 0 Å². The number of hydrogen-bond donors (Lipinski definition) is 1. The Morgan fingerprint density at radius 3 is 2.52 bits per heavy atom. The average molecular weight is 410 g/mol. The van der Waals surface area contributed by atoms with Crippen molar-refractivity contribution in [3.05, 3.63) is 113 Å². The Morgan fingerprint density at radius 1 is 0.871 bits per heavy atom. The SMILES string of the molecule is Cc1ccnc2ccc(C(=O)NCc3cccc(C(=O)OCc4ccccc4)c3)cc12. The monoisotopic (exact) mass is 410 g/mol. The number of esters is 1. The average Bonchev–Trinajstić information content (AvgIpc) is 2.82. The van der Waals surface area contributed by atoms with Gasteiger partial charge in [-0.05, 0) is 60.0 Å². The van der Waals surface area contributed by atoms with E-state index in [1.807, 2.05) is 61.5 Å². The van der Waals surface area contributed by atoms with Crippen LogP contribution in [0.1, 0.15) is 37.4 Å². The van der Waals surface area contributed by atoms with Crippen LogP contribution in [0.4, 0.5) is 0 Å². The number of nitrogens with zero attached hydrogens (tertiary/aromatic N) is 1. The van der Waals surface area contributed by atoms with Crippen molar-refractivity contribution in [2.45, 2.75) is 20.1 Å². The molecule has 154 valence electrons. The first-order valence-electron chi connectivity index (χ1n) is 10.0. The molecular formula is C26H22N2O3. The molecule has 3 aromatic carbocycles. The van der Waals surface area contributed by atoms with Gasteiger partial charge in [-0.1, -0.05) is 42.5 Å². The van der Waals surface area contributed by atoms with Crippen LogP contribution < -0.4 is 5.32 Å². The predicted octanol–water partition coefficient (Wildman–Crippen LogP) is 4.83. The van der Waals surface area contributed by atoms with Gasteiger partial charge in [-0.25, -0.2) is 4.79 Å². The Labute approximate surface area is 180 Å². The Kier molecular flexibility index (Phi) is 6.03. The largest absolute Gasteiger partial charge is 0.457 e. The molecule has 5 nitrogen and oxygen atoms in total. The summed E-state index contributed by atoms with van der Waals surface area (Å²) in [6, 6.07) is 24.0. The van der Waals surface area contributed by atoms with E-state index in [2.05, 4.69) is 10.3 Å². The lowest BCUT2D eigenvalue weighted by Gasteiger charge is -2.09. The Balaban J connectivity index is 1.39. The van der Waals surface area contributed by atoms with E-state index in [9.17, 15) is 9.59 Å². The van der Waals surface area contributed by atoms with Crippen LogP contribution in [-0.2, 0) is 17.9 Å². The highest BCUT2D eigenvalue weighted by Gasteiger charge is 2.11. The third-order valence-corrected chi connectivity index (χ3v) is 5.05. The molecule has 4 aromatic rings. The van der Waals surface area contributed by atoms with E-state index in [0.29, 0.717) is 17.7 Å². The zero-order valence-corrected chi connectivity index (χ0v) is 17.2. The number of amides is 1. The molecule has 0 atom stereocenters. The van der Waals surface area contributed by atoms with Gasteiger partial charge in [0.05, 0.1) is 11.1 Å². The van der Waals surface area contributed by atoms with Gasteiger partial charge in [0.25, 0.3) is 5.91 Å². The fraction of sp³-hybridized carbons (Fsp3) is 0.115. The molecular weight excluding hydrogens is 388 g/mol. The highest BCUT2D eigenvalue weighted by molar-refractivity contribution is 5.98. The normalized spacial score (nSPS) is 10.6. The summed E-state index contributed by atoms with van der Waals surface area (Å²) in [7, 11) is 0. The predicted molar refractivity (Wildman–Crippen MR) is 120 cm³/mol. The number of benzene rings is 3. The number of nitrogens with one attached hydrogen (secondary N) is 1. The van der Waals surface area contributed by atoms with Gasteiger partial charge in [0.1, 0.15) is 6.61 Å². The maximum absolute atomic E-state index is 12.6. The van der Waals surface area contributed by atoms with Crippen molar-refractivity contribution in [1.29, 1.82) is 0 Å². The summed E-state index contributed by atoms with van der Waals surface area (Å²) in [5.74, 6) is -0.572. The first-order valence-corrected chi connectivity index (χ1v) is 10.0. The fourth-order valence-electron chi connectivity index (χ4n) is 3.32. The van der Waals surface area contributed by atoms with Crippen LogP contribution in [0.3, 0.4) is 0 Å². The molecule has 31 heavy (non-hydrogen) atoms. The third-order valence-electron chi connectivity index (χ3n) is 5.05. The molecule has 0 unspecified atom stereocenters. The van der Waals surface area contributed by atoms with Crippen LogP contribution >= 0.6 is 0 Å². The Morgan fingerprint density at radius 2 is 1.68 bits per heavy atom. The molecule has 0 bridgehead atoms. The smallest absolute Gasteiger partial charge is 0.338 e. The summed E-state index contributed by atoms with van der Waals surface area (Å²) in [6.07, 6.45) is 1.76. The van der Waals surface area contributed by atoms with Crippen molar-refractivity contribution in [2.24, 2.45) is 0 Å². The maximum Gasteiger partial charge on any atom is 0.338 e. The van der Waals surface area contributed by atoms with Crippen LogP contribution in [0.15, 0.2) is 85.1 Å². The molecule has 0 radical (unpaired) electrons. The number of aryl methyl sites for hydroxylation is 1. The van der Waals surface area contributed by atoms with Gasteiger partial charge in [-0.3, -0.25) is 9.78 Å². The fourth-order valence-corrected chi connectivity index (χ4v) is 3.32. The lowest BCUT2D eigenvalue weighted by molar-refractivity contribution is 0.0472. The second kappa shape index (κ2) is 9.22. The number of hydrogen-bond acceptors (Lipinski definition) is 4. The van der Waals surface area contributed by atoms with Crippen molar-refractivity contribution in [3.8, 4) is 0 Å². The van der Waals surface area contributed by atoms with Crippen molar-refractivity contribution in [1.82, 2.24) is 10.3 Å². The van der Waals surface area contributed by atoms with Crippen LogP contribution in [0.5, 0.6) is 0 Å². The summed E-state index contributed by atoms with van der Waals surface area (Å²) in [4.78, 5) is 29.3. The number of carbonyl (C=O) groups excluding carboxylic acids is 2. The molecule has 0 saturated heterocycles. The summed E-state index contributed by atoms with van der Waals surface area (Å²) < 4.78 is 5.38. The molecule has 1 heterocycles. The number of carbonyl (C=O) groups is 2. The van der Waals surface area contributed by atoms with E-state index >= 15 is 0 Å². The molecule has 0 spiro atoms. The summed E-state index contributed by atoms with van der Waals surface area (Å²) in [5.41, 5.74) is 4.71. The Bertz CT molecular complexity index is 1240.